The number of aliphatic carboxylic acids is 1. The number of likely N-dealkylation sites (N-methyl/N-ethyl adjacent to an activating group) is 1. The molecule has 0 amide bonds. The Morgan fingerprint density at radius 2 is 1.04 bits per heavy atom. The maximum absolute atomic E-state index is 12.6. The Bertz CT molecular complexity index is 1110. The van der Waals surface area contributed by atoms with Gasteiger partial charge in [0, 0.05) is 19.3 Å². The van der Waals surface area contributed by atoms with Gasteiger partial charge in [0.25, 0.3) is 0 Å². The van der Waals surface area contributed by atoms with Gasteiger partial charge in [0.15, 0.2) is 12.1 Å². The summed E-state index contributed by atoms with van der Waals surface area (Å²) in [6, 6.07) is -0.624. The monoisotopic (exact) mass is 757 g/mol. The smallest absolute Gasteiger partial charge is 0.362 e. The van der Waals surface area contributed by atoms with Crippen molar-refractivity contribution in [2.45, 2.75) is 161 Å². The number of carboxylic acid groups (broad SMARTS) is 1. The first-order chi connectivity index (χ1) is 26.1. The Hall–Kier alpha value is -3.23. The fraction of sp³-hybridized carbons (Fsp3) is 0.674. The SMILES string of the molecule is CC/C=C/C/C=C/C/C=C/C/C=C/C/C=C/C/C=C/CCCC(=O)OCC(COCCC(C(=O)O)[N+](C)(C)C)OC(=O)CCCCCCCCCCCC. The third-order valence-electron chi connectivity index (χ3n) is 8.87. The lowest BCUT2D eigenvalue weighted by Gasteiger charge is -2.31. The maximum Gasteiger partial charge on any atom is 0.362 e. The number of rotatable bonds is 36. The molecule has 0 radical (unpaired) electrons. The number of carbonyl (C=O) groups excluding carboxylic acids is 2. The van der Waals surface area contributed by atoms with Gasteiger partial charge in [-0.1, -0.05) is 145 Å². The first kappa shape index (κ1) is 50.8. The van der Waals surface area contributed by atoms with Crippen LogP contribution in [0.1, 0.15) is 149 Å². The van der Waals surface area contributed by atoms with Crippen LogP contribution in [0, 0.1) is 0 Å². The quantitative estimate of drug-likeness (QED) is 0.0294. The largest absolute Gasteiger partial charge is 0.477 e. The van der Waals surface area contributed by atoms with E-state index in [-0.39, 0.29) is 42.7 Å². The molecule has 0 aromatic carbocycles. The molecule has 0 aliphatic carbocycles. The van der Waals surface area contributed by atoms with Crippen LogP contribution >= 0.6 is 0 Å². The summed E-state index contributed by atoms with van der Waals surface area (Å²) in [6.45, 7) is 4.53. The topological polar surface area (TPSA) is 99.1 Å². The summed E-state index contributed by atoms with van der Waals surface area (Å²) in [5, 5.41) is 9.59. The maximum atomic E-state index is 12.6. The molecular weight excluding hydrogens is 679 g/mol. The van der Waals surface area contributed by atoms with E-state index in [0.29, 0.717) is 19.3 Å². The van der Waals surface area contributed by atoms with E-state index in [1.165, 1.54) is 44.9 Å². The van der Waals surface area contributed by atoms with Crippen LogP contribution in [0.3, 0.4) is 0 Å². The zero-order valence-corrected chi connectivity index (χ0v) is 34.9. The van der Waals surface area contributed by atoms with Crippen molar-refractivity contribution >= 4 is 17.9 Å². The number of nitrogens with zero attached hydrogens (tertiary/aromatic N) is 1. The Labute approximate surface area is 330 Å². The zero-order valence-electron chi connectivity index (χ0n) is 34.9. The predicted molar refractivity (Wildman–Crippen MR) is 224 cm³/mol. The van der Waals surface area contributed by atoms with Gasteiger partial charge in [-0.3, -0.25) is 9.59 Å². The molecule has 54 heavy (non-hydrogen) atoms. The van der Waals surface area contributed by atoms with Gasteiger partial charge in [-0.2, -0.15) is 0 Å². The number of ether oxygens (including phenoxy) is 3. The predicted octanol–water partition coefficient (Wildman–Crippen LogP) is 11.2. The van der Waals surface area contributed by atoms with Gasteiger partial charge in [0.1, 0.15) is 6.61 Å². The zero-order chi connectivity index (χ0) is 40.0. The summed E-state index contributed by atoms with van der Waals surface area (Å²) >= 11 is 0. The van der Waals surface area contributed by atoms with Crippen molar-refractivity contribution in [2.24, 2.45) is 0 Å². The Morgan fingerprint density at radius 3 is 1.52 bits per heavy atom. The van der Waals surface area contributed by atoms with E-state index >= 15 is 0 Å². The van der Waals surface area contributed by atoms with Crippen LogP contribution in [0.4, 0.5) is 0 Å². The summed E-state index contributed by atoms with van der Waals surface area (Å²) in [5.74, 6) is -1.55. The van der Waals surface area contributed by atoms with Gasteiger partial charge in [-0.05, 0) is 57.8 Å². The van der Waals surface area contributed by atoms with E-state index < -0.39 is 18.1 Å². The Kier molecular flexibility index (Phi) is 34.5. The molecule has 0 rings (SSSR count). The van der Waals surface area contributed by atoms with Gasteiger partial charge in [0.05, 0.1) is 34.4 Å². The summed E-state index contributed by atoms with van der Waals surface area (Å²) in [6.07, 6.45) is 45.2. The molecule has 0 saturated carbocycles. The molecular formula is C46H78NO7+. The Morgan fingerprint density at radius 1 is 0.574 bits per heavy atom. The van der Waals surface area contributed by atoms with E-state index in [0.717, 1.165) is 64.2 Å². The molecule has 2 atom stereocenters. The van der Waals surface area contributed by atoms with E-state index in [1.54, 1.807) is 0 Å². The number of esters is 2. The van der Waals surface area contributed by atoms with Crippen LogP contribution in [0.5, 0.6) is 0 Å². The highest BCUT2D eigenvalue weighted by atomic mass is 16.6. The fourth-order valence-electron chi connectivity index (χ4n) is 5.63. The van der Waals surface area contributed by atoms with Gasteiger partial charge in [-0.25, -0.2) is 4.79 Å². The average molecular weight is 757 g/mol. The second-order valence-electron chi connectivity index (χ2n) is 14.9. The molecule has 2 unspecified atom stereocenters. The molecule has 0 fully saturated rings. The summed E-state index contributed by atoms with van der Waals surface area (Å²) in [7, 11) is 5.50. The van der Waals surface area contributed by atoms with Crippen molar-refractivity contribution < 1.29 is 38.2 Å². The first-order valence-electron chi connectivity index (χ1n) is 21.0. The van der Waals surface area contributed by atoms with Gasteiger partial charge < -0.3 is 23.8 Å². The normalized spacial score (nSPS) is 13.7. The molecule has 0 spiro atoms. The molecule has 0 bridgehead atoms. The number of allylic oxidation sites excluding steroid dienone is 12. The molecule has 1 N–H and O–H groups in total. The van der Waals surface area contributed by atoms with Crippen molar-refractivity contribution in [3.05, 3.63) is 72.9 Å². The molecule has 0 heterocycles. The number of carbonyl (C=O) groups is 3. The second kappa shape index (κ2) is 36.7. The average Bonchev–Trinajstić information content (AvgIpc) is 3.12. The molecule has 0 aliphatic rings. The molecule has 0 aromatic heterocycles. The fourth-order valence-corrected chi connectivity index (χ4v) is 5.63. The minimum atomic E-state index is -0.886. The molecule has 8 nitrogen and oxygen atoms in total. The minimum Gasteiger partial charge on any atom is -0.477 e. The number of hydrogen-bond acceptors (Lipinski definition) is 6. The lowest BCUT2D eigenvalue weighted by molar-refractivity contribution is -0.887. The van der Waals surface area contributed by atoms with Crippen molar-refractivity contribution in [1.82, 2.24) is 0 Å². The van der Waals surface area contributed by atoms with Crippen molar-refractivity contribution in [1.29, 1.82) is 0 Å². The standard InChI is InChI=1S/C46H77NO7/c1-6-8-10-12-14-16-18-19-20-21-22-23-24-25-26-27-29-30-32-34-36-44(48)53-41-42(40-52-39-38-43(46(50)51)47(3,4)5)54-45(49)37-35-33-31-28-17-15-13-11-9-7-2/h8,10,14,16,19-20,22-23,25-26,29-30,42-43H,6-7,9,11-13,15,17-18,21,24,27-28,31-41H2,1-5H3/p+1/b10-8+,16-14+,20-19+,23-22+,26-25+,30-29+. The van der Waals surface area contributed by atoms with Gasteiger partial charge in [-0.15, -0.1) is 0 Å². The van der Waals surface area contributed by atoms with E-state index in [4.69, 9.17) is 14.2 Å². The van der Waals surface area contributed by atoms with Gasteiger partial charge in [0.2, 0.25) is 0 Å². The van der Waals surface area contributed by atoms with Crippen molar-refractivity contribution in [3.63, 3.8) is 0 Å². The van der Waals surface area contributed by atoms with Crippen LogP contribution in [0.2, 0.25) is 0 Å². The van der Waals surface area contributed by atoms with Crippen molar-refractivity contribution in [2.75, 3.05) is 41.0 Å². The molecule has 308 valence electrons. The summed E-state index contributed by atoms with van der Waals surface area (Å²) in [4.78, 5) is 36.8. The highest BCUT2D eigenvalue weighted by molar-refractivity contribution is 5.72. The number of unbranched alkanes of at least 4 members (excludes halogenated alkanes) is 10. The number of carboxylic acids is 1. The van der Waals surface area contributed by atoms with E-state index in [2.05, 4.69) is 86.8 Å². The molecule has 8 heteroatoms. The summed E-state index contributed by atoms with van der Waals surface area (Å²) < 4.78 is 17.2. The minimum absolute atomic E-state index is 0.0407. The Balaban J connectivity index is 4.44. The third kappa shape index (κ3) is 34.5. The molecule has 0 saturated heterocycles. The molecule has 0 aliphatic heterocycles. The lowest BCUT2D eigenvalue weighted by Crippen LogP contribution is -2.50. The number of hydrogen-bond donors (Lipinski definition) is 1. The van der Waals surface area contributed by atoms with Crippen LogP contribution < -0.4 is 0 Å². The second-order valence-corrected chi connectivity index (χ2v) is 14.9. The van der Waals surface area contributed by atoms with E-state index in [1.807, 2.05) is 21.1 Å². The van der Waals surface area contributed by atoms with Crippen LogP contribution in [-0.2, 0) is 28.6 Å². The third-order valence-corrected chi connectivity index (χ3v) is 8.87. The summed E-state index contributed by atoms with van der Waals surface area (Å²) in [5.41, 5.74) is 0. The highest BCUT2D eigenvalue weighted by Crippen LogP contribution is 2.13. The number of quaternary nitrogens is 1. The lowest BCUT2D eigenvalue weighted by atomic mass is 10.1. The first-order valence-corrected chi connectivity index (χ1v) is 21.0. The highest BCUT2D eigenvalue weighted by Gasteiger charge is 2.31. The molecule has 0 aromatic rings. The van der Waals surface area contributed by atoms with Gasteiger partial charge >= 0.3 is 17.9 Å². The van der Waals surface area contributed by atoms with Crippen LogP contribution in [0.15, 0.2) is 72.9 Å². The van der Waals surface area contributed by atoms with E-state index in [9.17, 15) is 19.5 Å². The van der Waals surface area contributed by atoms with Crippen LogP contribution in [-0.4, -0.2) is 80.6 Å². The van der Waals surface area contributed by atoms with Crippen LogP contribution in [0.25, 0.3) is 0 Å². The van der Waals surface area contributed by atoms with Crippen molar-refractivity contribution in [3.8, 4) is 0 Å².